The molecule has 0 aromatic heterocycles. The van der Waals surface area contributed by atoms with Gasteiger partial charge >= 0.3 is 0 Å². The van der Waals surface area contributed by atoms with Crippen LogP contribution in [0.2, 0.25) is 0 Å². The van der Waals surface area contributed by atoms with Crippen molar-refractivity contribution in [3.05, 3.63) is 164 Å². The summed E-state index contributed by atoms with van der Waals surface area (Å²) in [6.07, 6.45) is 0. The van der Waals surface area contributed by atoms with Crippen molar-refractivity contribution >= 4 is 137 Å². The lowest BCUT2D eigenvalue weighted by molar-refractivity contribution is 0.490. The van der Waals surface area contributed by atoms with E-state index in [9.17, 15) is 0 Å². The standard InChI is InChI=1S/C54H27B3O3S3/c1-4-16-40-31(10-1)55-34-25-22-28-46(52(34)58-37-13-7-19-43(61-40)49(37)55)29-23-26-35-54(60-39-15-9-21-45-51(39)56(35)32-11-2-5-17-41(32)62-45)48(29)30-24-27-36-53(47(28)30)59-38-14-8-20-44-50(38)57(36)33-12-3-6-18-42(33)63-44/h1-27H. The number of rotatable bonds is 0. The summed E-state index contributed by atoms with van der Waals surface area (Å²) >= 11 is 5.53. The molecule has 0 fully saturated rings. The normalized spacial score (nSPS) is 14.8. The lowest BCUT2D eigenvalue weighted by Crippen LogP contribution is -2.58. The highest BCUT2D eigenvalue weighted by Crippen LogP contribution is 2.50. The Balaban J connectivity index is 1.06. The van der Waals surface area contributed by atoms with E-state index in [0.717, 1.165) is 66.8 Å². The predicted octanol–water partition coefficient (Wildman–Crippen LogP) is 8.41. The van der Waals surface area contributed by atoms with Crippen LogP contribution in [0, 0.1) is 0 Å². The molecule has 10 aromatic carbocycles. The van der Waals surface area contributed by atoms with E-state index in [1.54, 1.807) is 0 Å². The highest BCUT2D eigenvalue weighted by atomic mass is 32.2. The van der Waals surface area contributed by atoms with Gasteiger partial charge in [-0.3, -0.25) is 0 Å². The molecule has 288 valence electrons. The molecule has 0 spiro atoms. The summed E-state index contributed by atoms with van der Waals surface area (Å²) in [7, 11) is 0. The van der Waals surface area contributed by atoms with Crippen molar-refractivity contribution in [2.45, 2.75) is 29.4 Å². The molecule has 16 rings (SSSR count). The molecule has 0 amide bonds. The second kappa shape index (κ2) is 12.2. The molecule has 9 heteroatoms. The van der Waals surface area contributed by atoms with Gasteiger partial charge in [0, 0.05) is 45.5 Å². The highest BCUT2D eigenvalue weighted by Gasteiger charge is 2.44. The Morgan fingerprint density at radius 3 is 0.905 bits per heavy atom. The third-order valence-electron chi connectivity index (χ3n) is 14.2. The second-order valence-corrected chi connectivity index (χ2v) is 20.5. The van der Waals surface area contributed by atoms with Gasteiger partial charge in [-0.2, -0.15) is 0 Å². The number of hydrogen-bond acceptors (Lipinski definition) is 6. The second-order valence-electron chi connectivity index (χ2n) is 17.2. The van der Waals surface area contributed by atoms with Crippen LogP contribution in [0.5, 0.6) is 34.5 Å². The van der Waals surface area contributed by atoms with Crippen molar-refractivity contribution in [3.8, 4) is 34.5 Å². The van der Waals surface area contributed by atoms with Crippen LogP contribution in [0.25, 0.3) is 32.3 Å². The Hall–Kier alpha value is -6.38. The summed E-state index contributed by atoms with van der Waals surface area (Å²) in [5, 5.41) is 6.60. The lowest BCUT2D eigenvalue weighted by Gasteiger charge is -2.36. The molecule has 6 aliphatic heterocycles. The van der Waals surface area contributed by atoms with Crippen LogP contribution in [0.15, 0.2) is 193 Å². The van der Waals surface area contributed by atoms with E-state index < -0.39 is 0 Å². The zero-order valence-corrected chi connectivity index (χ0v) is 35.7. The molecule has 0 aliphatic carbocycles. The largest absolute Gasteiger partial charge is 0.458 e. The Morgan fingerprint density at radius 2 is 0.571 bits per heavy atom. The molecule has 63 heavy (non-hydrogen) atoms. The number of hydrogen-bond donors (Lipinski definition) is 0. The van der Waals surface area contributed by atoms with Crippen molar-refractivity contribution < 1.29 is 14.2 Å². The minimum absolute atomic E-state index is 0.0328. The number of ether oxygens (including phenoxy) is 3. The van der Waals surface area contributed by atoms with Gasteiger partial charge in [-0.1, -0.05) is 161 Å². The van der Waals surface area contributed by atoms with Gasteiger partial charge in [-0.25, -0.2) is 0 Å². The molecule has 0 N–H and O–H groups in total. The molecular formula is C54H27B3O3S3. The maximum Gasteiger partial charge on any atom is 0.253 e. The summed E-state index contributed by atoms with van der Waals surface area (Å²) in [5.74, 6) is 5.48. The fourth-order valence-corrected chi connectivity index (χ4v) is 15.2. The van der Waals surface area contributed by atoms with Crippen LogP contribution < -0.4 is 63.4 Å². The van der Waals surface area contributed by atoms with Gasteiger partial charge in [0.2, 0.25) is 0 Å². The molecule has 0 atom stereocenters. The quantitative estimate of drug-likeness (QED) is 0.113. The molecule has 6 heterocycles. The van der Waals surface area contributed by atoms with Crippen molar-refractivity contribution in [2.24, 2.45) is 0 Å². The van der Waals surface area contributed by atoms with Gasteiger partial charge in [-0.15, -0.1) is 0 Å². The van der Waals surface area contributed by atoms with E-state index in [2.05, 4.69) is 164 Å². The zero-order valence-electron chi connectivity index (χ0n) is 33.3. The topological polar surface area (TPSA) is 27.7 Å². The Kier molecular flexibility index (Phi) is 6.62. The van der Waals surface area contributed by atoms with Crippen LogP contribution in [0.3, 0.4) is 0 Å². The molecular weight excluding hydrogens is 825 g/mol. The molecule has 3 nitrogen and oxygen atoms in total. The van der Waals surface area contributed by atoms with Crippen molar-refractivity contribution in [1.29, 1.82) is 0 Å². The first-order valence-corrected chi connectivity index (χ1v) is 23.9. The maximum absolute atomic E-state index is 7.34. The van der Waals surface area contributed by atoms with E-state index in [1.165, 1.54) is 78.5 Å². The molecule has 6 aliphatic rings. The van der Waals surface area contributed by atoms with Crippen LogP contribution >= 0.6 is 35.3 Å². The summed E-state index contributed by atoms with van der Waals surface area (Å²) in [6, 6.07) is 60.4. The Morgan fingerprint density at radius 1 is 0.270 bits per heavy atom. The lowest BCUT2D eigenvalue weighted by atomic mass is 9.35. The third kappa shape index (κ3) is 4.36. The maximum atomic E-state index is 7.34. The Bertz CT molecular complexity index is 3390. The average molecular weight is 852 g/mol. The van der Waals surface area contributed by atoms with Crippen molar-refractivity contribution in [2.75, 3.05) is 0 Å². The highest BCUT2D eigenvalue weighted by molar-refractivity contribution is 8.00. The fourth-order valence-electron chi connectivity index (χ4n) is 11.8. The number of fused-ring (bicyclic) bond motifs is 21. The molecule has 0 saturated heterocycles. The summed E-state index contributed by atoms with van der Waals surface area (Å²) in [4.78, 5) is 7.64. The minimum Gasteiger partial charge on any atom is -0.458 e. The van der Waals surface area contributed by atoms with Gasteiger partial charge < -0.3 is 14.2 Å². The fraction of sp³-hybridized carbons (Fsp3) is 0. The van der Waals surface area contributed by atoms with E-state index in [1.807, 2.05) is 35.3 Å². The summed E-state index contributed by atoms with van der Waals surface area (Å²) < 4.78 is 22.0. The zero-order chi connectivity index (χ0) is 40.7. The van der Waals surface area contributed by atoms with Crippen LogP contribution in [0.1, 0.15) is 0 Å². The smallest absolute Gasteiger partial charge is 0.253 e. The number of benzene rings is 10. The van der Waals surface area contributed by atoms with Crippen LogP contribution in [0.4, 0.5) is 0 Å². The van der Waals surface area contributed by atoms with Crippen molar-refractivity contribution in [3.63, 3.8) is 0 Å². The first-order chi connectivity index (χ1) is 31.2. The van der Waals surface area contributed by atoms with E-state index in [0.29, 0.717) is 0 Å². The first kappa shape index (κ1) is 34.2. The van der Waals surface area contributed by atoms with Gasteiger partial charge in [0.1, 0.15) is 34.5 Å². The van der Waals surface area contributed by atoms with Gasteiger partial charge in [0.25, 0.3) is 20.1 Å². The van der Waals surface area contributed by atoms with E-state index in [-0.39, 0.29) is 20.1 Å². The first-order valence-electron chi connectivity index (χ1n) is 21.5. The van der Waals surface area contributed by atoms with Crippen LogP contribution in [-0.2, 0) is 0 Å². The molecule has 0 unspecified atom stereocenters. The predicted molar refractivity (Wildman–Crippen MR) is 264 cm³/mol. The third-order valence-corrected chi connectivity index (χ3v) is 17.7. The monoisotopic (exact) mass is 852 g/mol. The molecule has 0 bridgehead atoms. The van der Waals surface area contributed by atoms with Gasteiger partial charge in [-0.05, 0) is 104 Å². The van der Waals surface area contributed by atoms with E-state index in [4.69, 9.17) is 14.2 Å². The van der Waals surface area contributed by atoms with Crippen LogP contribution in [-0.4, -0.2) is 20.1 Å². The average Bonchev–Trinajstić information content (AvgIpc) is 3.33. The Labute approximate surface area is 376 Å². The summed E-state index contributed by atoms with van der Waals surface area (Å²) in [6.45, 7) is 0.0984. The molecule has 0 saturated carbocycles. The summed E-state index contributed by atoms with van der Waals surface area (Å²) in [5.41, 5.74) is 11.3. The molecule has 0 radical (unpaired) electrons. The molecule has 10 aromatic rings. The van der Waals surface area contributed by atoms with E-state index >= 15 is 0 Å². The van der Waals surface area contributed by atoms with Gasteiger partial charge in [0.15, 0.2) is 0 Å². The van der Waals surface area contributed by atoms with Gasteiger partial charge in [0.05, 0.1) is 0 Å². The minimum atomic E-state index is 0.0328. The van der Waals surface area contributed by atoms with Crippen molar-refractivity contribution in [1.82, 2.24) is 0 Å². The SMILES string of the molecule is c1ccc2c(c1)Sc1cccc3c1B2c1ccc2c(c1O3)c1ccc3c(c1c1ccc4c(c21)Oc1cccc2c1B4c1ccccc1S2)Oc1cccc2c1B3c1ccccc1S2.